The molecule has 0 bridgehead atoms. The van der Waals surface area contributed by atoms with E-state index in [1.54, 1.807) is 6.07 Å². The third-order valence-corrected chi connectivity index (χ3v) is 5.31. The van der Waals surface area contributed by atoms with Gasteiger partial charge in [-0.2, -0.15) is 13.2 Å². The topological polar surface area (TPSA) is 59.1 Å². The van der Waals surface area contributed by atoms with Crippen LogP contribution in [-0.4, -0.2) is 13.4 Å². The monoisotopic (exact) mass is 350 g/mol. The van der Waals surface area contributed by atoms with E-state index in [0.29, 0.717) is 0 Å². The molecular formula is C16H9F3N2O2S. The zero-order valence-corrected chi connectivity index (χ0v) is 12.7. The number of sulfonamides is 1. The van der Waals surface area contributed by atoms with Crippen LogP contribution in [0, 0.1) is 0 Å². The van der Waals surface area contributed by atoms with Gasteiger partial charge in [-0.25, -0.2) is 8.42 Å². The number of rotatable bonds is 0. The summed E-state index contributed by atoms with van der Waals surface area (Å²) in [5, 5.41) is -0.147. The fraction of sp³-hybridized carbons (Fsp3) is 0.0625. The molecule has 0 radical (unpaired) electrons. The van der Waals surface area contributed by atoms with Crippen LogP contribution in [0.1, 0.15) is 5.56 Å². The SMILES string of the molecule is O=S1(=O)Nc2c(cc(C(F)(F)F)c3cccnc23)-c2ccccc21. The predicted molar refractivity (Wildman–Crippen MR) is 83.0 cm³/mol. The summed E-state index contributed by atoms with van der Waals surface area (Å²) in [7, 11) is -3.87. The highest BCUT2D eigenvalue weighted by molar-refractivity contribution is 7.93. The molecule has 0 spiro atoms. The molecule has 0 fully saturated rings. The normalized spacial score (nSPS) is 15.5. The van der Waals surface area contributed by atoms with Crippen LogP contribution in [0.15, 0.2) is 53.6 Å². The Balaban J connectivity index is 2.20. The summed E-state index contributed by atoms with van der Waals surface area (Å²) in [5.41, 5.74) is -0.416. The molecule has 0 unspecified atom stereocenters. The third-order valence-electron chi connectivity index (χ3n) is 3.90. The molecule has 0 saturated heterocycles. The van der Waals surface area contributed by atoms with Gasteiger partial charge in [-0.3, -0.25) is 9.71 Å². The highest BCUT2D eigenvalue weighted by Gasteiger charge is 2.37. The van der Waals surface area contributed by atoms with Gasteiger partial charge >= 0.3 is 6.18 Å². The molecule has 1 aromatic heterocycles. The van der Waals surface area contributed by atoms with Gasteiger partial charge in [-0.1, -0.05) is 24.3 Å². The summed E-state index contributed by atoms with van der Waals surface area (Å²) < 4.78 is 67.5. The van der Waals surface area contributed by atoms with E-state index in [0.717, 1.165) is 6.07 Å². The first-order valence-electron chi connectivity index (χ1n) is 6.90. The van der Waals surface area contributed by atoms with Gasteiger partial charge in [0.25, 0.3) is 10.0 Å². The Labute approximate surface area is 135 Å². The lowest BCUT2D eigenvalue weighted by Gasteiger charge is -2.24. The van der Waals surface area contributed by atoms with Crippen molar-refractivity contribution < 1.29 is 21.6 Å². The van der Waals surface area contributed by atoms with Crippen LogP contribution in [-0.2, 0) is 16.2 Å². The summed E-state index contributed by atoms with van der Waals surface area (Å²) in [4.78, 5) is 3.93. The first-order valence-corrected chi connectivity index (χ1v) is 8.38. The molecule has 3 aromatic rings. The number of aromatic nitrogens is 1. The molecule has 1 N–H and O–H groups in total. The summed E-state index contributed by atoms with van der Waals surface area (Å²) in [6.45, 7) is 0. The van der Waals surface area contributed by atoms with Crippen molar-refractivity contribution in [2.24, 2.45) is 0 Å². The lowest BCUT2D eigenvalue weighted by atomic mass is 9.96. The van der Waals surface area contributed by atoms with Crippen LogP contribution >= 0.6 is 0 Å². The molecular weight excluding hydrogens is 341 g/mol. The van der Waals surface area contributed by atoms with Crippen molar-refractivity contribution in [2.45, 2.75) is 11.1 Å². The quantitative estimate of drug-likeness (QED) is 0.666. The number of alkyl halides is 3. The van der Waals surface area contributed by atoms with E-state index in [1.807, 2.05) is 0 Å². The Kier molecular flexibility index (Phi) is 2.93. The van der Waals surface area contributed by atoms with Gasteiger partial charge in [0.2, 0.25) is 0 Å². The molecule has 0 aliphatic carbocycles. The van der Waals surface area contributed by atoms with Crippen LogP contribution in [0.5, 0.6) is 0 Å². The average molecular weight is 350 g/mol. The van der Waals surface area contributed by atoms with Gasteiger partial charge < -0.3 is 0 Å². The van der Waals surface area contributed by atoms with Crippen molar-refractivity contribution in [3.8, 4) is 11.1 Å². The summed E-state index contributed by atoms with van der Waals surface area (Å²) in [6.07, 6.45) is -3.25. The van der Waals surface area contributed by atoms with Crippen LogP contribution in [0.25, 0.3) is 22.0 Å². The number of fused-ring (bicyclic) bond motifs is 5. The maximum atomic E-state index is 13.4. The van der Waals surface area contributed by atoms with Crippen molar-refractivity contribution in [2.75, 3.05) is 4.72 Å². The molecule has 4 rings (SSSR count). The zero-order valence-electron chi connectivity index (χ0n) is 11.9. The van der Waals surface area contributed by atoms with E-state index in [2.05, 4.69) is 9.71 Å². The summed E-state index contributed by atoms with van der Waals surface area (Å²) >= 11 is 0. The Hall–Kier alpha value is -2.61. The second-order valence-electron chi connectivity index (χ2n) is 5.35. The standard InChI is InChI=1S/C16H9F3N2O2S/c17-16(18,19)12-8-11-9-4-1-2-6-13(9)24(22,23)21-15(11)14-10(12)5-3-7-20-14/h1-8,21H. The van der Waals surface area contributed by atoms with Crippen LogP contribution < -0.4 is 4.72 Å². The van der Waals surface area contributed by atoms with Crippen LogP contribution in [0.4, 0.5) is 18.9 Å². The maximum absolute atomic E-state index is 13.4. The van der Waals surface area contributed by atoms with E-state index >= 15 is 0 Å². The number of anilines is 1. The Morgan fingerprint density at radius 1 is 1.00 bits per heavy atom. The van der Waals surface area contributed by atoms with Crippen molar-refractivity contribution in [3.63, 3.8) is 0 Å². The fourth-order valence-electron chi connectivity index (χ4n) is 2.91. The number of nitrogens with zero attached hydrogens (tertiary/aromatic N) is 1. The highest BCUT2D eigenvalue weighted by Crippen LogP contribution is 2.46. The van der Waals surface area contributed by atoms with E-state index < -0.39 is 21.8 Å². The molecule has 1 aliphatic heterocycles. The lowest BCUT2D eigenvalue weighted by molar-refractivity contribution is -0.136. The van der Waals surface area contributed by atoms with E-state index in [4.69, 9.17) is 0 Å². The van der Waals surface area contributed by atoms with Gasteiger partial charge in [0, 0.05) is 22.7 Å². The third kappa shape index (κ3) is 2.06. The summed E-state index contributed by atoms with van der Waals surface area (Å²) in [5.74, 6) is 0. The van der Waals surface area contributed by atoms with Crippen molar-refractivity contribution in [1.82, 2.24) is 4.98 Å². The van der Waals surface area contributed by atoms with Gasteiger partial charge in [0.1, 0.15) is 0 Å². The minimum atomic E-state index is -4.58. The molecule has 122 valence electrons. The number of benzene rings is 2. The second kappa shape index (κ2) is 4.70. The van der Waals surface area contributed by atoms with Crippen molar-refractivity contribution in [3.05, 3.63) is 54.2 Å². The van der Waals surface area contributed by atoms with E-state index in [1.165, 1.54) is 36.5 Å². The van der Waals surface area contributed by atoms with Crippen molar-refractivity contribution in [1.29, 1.82) is 0 Å². The number of pyridine rings is 1. The van der Waals surface area contributed by atoms with Crippen molar-refractivity contribution >= 4 is 26.6 Å². The highest BCUT2D eigenvalue weighted by atomic mass is 32.2. The lowest BCUT2D eigenvalue weighted by Crippen LogP contribution is -2.20. The Morgan fingerprint density at radius 2 is 1.75 bits per heavy atom. The average Bonchev–Trinajstić information content (AvgIpc) is 2.53. The number of nitrogens with one attached hydrogen (secondary N) is 1. The molecule has 2 aromatic carbocycles. The predicted octanol–water partition coefficient (Wildman–Crippen LogP) is 4.03. The maximum Gasteiger partial charge on any atom is 0.417 e. The number of hydrogen-bond donors (Lipinski definition) is 1. The molecule has 0 atom stereocenters. The van der Waals surface area contributed by atoms with Crippen LogP contribution in [0.2, 0.25) is 0 Å². The Morgan fingerprint density at radius 3 is 2.50 bits per heavy atom. The smallest absolute Gasteiger partial charge is 0.277 e. The molecule has 8 heteroatoms. The molecule has 0 amide bonds. The molecule has 1 aliphatic rings. The second-order valence-corrected chi connectivity index (χ2v) is 7.00. The van der Waals surface area contributed by atoms with Gasteiger partial charge in [0.15, 0.2) is 0 Å². The first-order chi connectivity index (χ1) is 11.3. The van der Waals surface area contributed by atoms with Gasteiger partial charge in [-0.05, 0) is 18.2 Å². The molecule has 2 heterocycles. The van der Waals surface area contributed by atoms with E-state index in [9.17, 15) is 21.6 Å². The number of halogens is 3. The van der Waals surface area contributed by atoms with E-state index in [-0.39, 0.29) is 32.6 Å². The minimum Gasteiger partial charge on any atom is -0.277 e. The van der Waals surface area contributed by atoms with Crippen LogP contribution in [0.3, 0.4) is 0 Å². The Bertz CT molecular complexity index is 1090. The number of hydrogen-bond acceptors (Lipinski definition) is 3. The first kappa shape index (κ1) is 14.9. The minimum absolute atomic E-state index is 0.0274. The molecule has 0 saturated carbocycles. The fourth-order valence-corrected chi connectivity index (χ4v) is 4.22. The molecule has 4 nitrogen and oxygen atoms in total. The van der Waals surface area contributed by atoms with Gasteiger partial charge in [-0.15, -0.1) is 0 Å². The molecule has 24 heavy (non-hydrogen) atoms. The zero-order chi connectivity index (χ0) is 17.1. The van der Waals surface area contributed by atoms with Gasteiger partial charge in [0.05, 0.1) is 21.7 Å². The largest absolute Gasteiger partial charge is 0.417 e. The summed E-state index contributed by atoms with van der Waals surface area (Å²) in [6, 6.07) is 9.58.